The summed E-state index contributed by atoms with van der Waals surface area (Å²) in [4.78, 5) is 29.0. The van der Waals surface area contributed by atoms with Crippen LogP contribution in [0.2, 0.25) is 5.02 Å². The number of hydrogen-bond donors (Lipinski definition) is 1. The van der Waals surface area contributed by atoms with Gasteiger partial charge in [-0.05, 0) is 111 Å². The minimum absolute atomic E-state index is 0.00656. The average molecular weight is 709 g/mol. The summed E-state index contributed by atoms with van der Waals surface area (Å²) in [6, 6.07) is 11.8. The van der Waals surface area contributed by atoms with Crippen LogP contribution in [0.15, 0.2) is 48.6 Å². The van der Waals surface area contributed by atoms with Crippen molar-refractivity contribution in [1.82, 2.24) is 4.72 Å². The smallest absolute Gasteiger partial charge is 0.262 e. The van der Waals surface area contributed by atoms with Crippen LogP contribution in [0.3, 0.4) is 0 Å². The van der Waals surface area contributed by atoms with Gasteiger partial charge in [-0.15, -0.1) is 0 Å². The molecule has 3 heterocycles. The number of ether oxygens (including phenoxy) is 3. The fraction of sp³-hybridized carbons (Fsp3) is 0.564. The minimum Gasteiger partial charge on any atom is -0.490 e. The number of benzene rings is 2. The molecular formula is C39H49ClN2O6S. The second-order valence-electron chi connectivity index (χ2n) is 15.2. The number of carbonyl (C=O) groups excluding carboxylic acids is 2. The molecule has 1 spiro atoms. The molecule has 1 amide bonds. The highest BCUT2D eigenvalue weighted by atomic mass is 35.5. The van der Waals surface area contributed by atoms with E-state index in [1.165, 1.54) is 11.1 Å². The van der Waals surface area contributed by atoms with Crippen LogP contribution in [0.4, 0.5) is 5.69 Å². The van der Waals surface area contributed by atoms with Gasteiger partial charge < -0.3 is 19.1 Å². The second-order valence-corrected chi connectivity index (χ2v) is 18.1. The Hall–Kier alpha value is -2.85. The molecule has 0 aromatic heterocycles. The molecule has 1 saturated heterocycles. The lowest BCUT2D eigenvalue weighted by Crippen LogP contribution is -2.50. The van der Waals surface area contributed by atoms with Crippen LogP contribution in [0.25, 0.3) is 0 Å². The van der Waals surface area contributed by atoms with Crippen molar-refractivity contribution in [3.8, 4) is 5.75 Å². The van der Waals surface area contributed by atoms with Crippen molar-refractivity contribution in [2.75, 3.05) is 44.4 Å². The Morgan fingerprint density at radius 1 is 1.18 bits per heavy atom. The summed E-state index contributed by atoms with van der Waals surface area (Å²) in [5, 5.41) is 0.382. The van der Waals surface area contributed by atoms with Crippen molar-refractivity contribution >= 4 is 44.6 Å². The molecule has 1 unspecified atom stereocenters. The van der Waals surface area contributed by atoms with Crippen LogP contribution in [-0.2, 0) is 35.8 Å². The molecule has 2 aromatic carbocycles. The monoisotopic (exact) mass is 708 g/mol. The van der Waals surface area contributed by atoms with Gasteiger partial charge in [0.2, 0.25) is 0 Å². The van der Waals surface area contributed by atoms with Crippen molar-refractivity contribution in [1.29, 1.82) is 0 Å². The number of aryl methyl sites for hydroxylation is 1. The average Bonchev–Trinajstić information content (AvgIpc) is 3.19. The standard InChI is InChI=1S/C39H49ClN2O6S/c1-25-6-4-8-36(47-22-32(43)16-27-20-46-21-27)33-12-9-30(33)19-42-23-39(15-5-7-28-17-31(40)11-13-34(28)39)24-48-37-14-10-29(18-35(37)42)38(44)41-49(3,45)26(25)2/h4,8,10-11,13-14,17-18,25-27,30,33,36H,3,5-7,9,12,15-16,19-24H2,1-2H3,(H,41,44,45)/b8-4+/t25-,26+,30-,33+,36-,39-,49?/m0/s1. The van der Waals surface area contributed by atoms with E-state index in [0.717, 1.165) is 61.7 Å². The van der Waals surface area contributed by atoms with Gasteiger partial charge in [0.05, 0.1) is 41.3 Å². The van der Waals surface area contributed by atoms with Crippen molar-refractivity contribution in [2.45, 2.75) is 75.6 Å². The number of amides is 1. The number of carbonyl (C=O) groups is 2. The van der Waals surface area contributed by atoms with Crippen LogP contribution in [0.1, 0.15) is 73.9 Å². The van der Waals surface area contributed by atoms with Crippen molar-refractivity contribution < 1.29 is 28.0 Å². The number of hydrogen-bond acceptors (Lipinski definition) is 7. The number of rotatable bonds is 5. The first-order valence-electron chi connectivity index (χ1n) is 17.9. The van der Waals surface area contributed by atoms with Crippen molar-refractivity contribution in [3.05, 3.63) is 70.3 Å². The van der Waals surface area contributed by atoms with Crippen LogP contribution >= 0.6 is 11.6 Å². The van der Waals surface area contributed by atoms with E-state index >= 15 is 0 Å². The summed E-state index contributed by atoms with van der Waals surface area (Å²) >= 11 is 6.46. The van der Waals surface area contributed by atoms with Gasteiger partial charge in [-0.3, -0.25) is 14.3 Å². The van der Waals surface area contributed by atoms with E-state index < -0.39 is 15.6 Å². The molecule has 7 rings (SSSR count). The summed E-state index contributed by atoms with van der Waals surface area (Å²) in [7, 11) is -2.96. The molecule has 1 saturated carbocycles. The van der Waals surface area contributed by atoms with E-state index in [1.807, 2.05) is 32.0 Å². The maximum Gasteiger partial charge on any atom is 0.262 e. The topological polar surface area (TPSA) is 94.2 Å². The maximum atomic E-state index is 13.8. The first kappa shape index (κ1) is 34.6. The Labute approximate surface area is 296 Å². The van der Waals surface area contributed by atoms with Crippen LogP contribution in [-0.4, -0.2) is 72.6 Å². The predicted octanol–water partition coefficient (Wildman–Crippen LogP) is 6.18. The molecule has 3 aliphatic heterocycles. The van der Waals surface area contributed by atoms with Gasteiger partial charge >= 0.3 is 0 Å². The van der Waals surface area contributed by atoms with Crippen LogP contribution in [0.5, 0.6) is 5.75 Å². The number of Topliss-reactive ketones (excluding diaryl/α,β-unsaturated/α-hetero) is 1. The summed E-state index contributed by atoms with van der Waals surface area (Å²) < 4.78 is 35.0. The third kappa shape index (κ3) is 7.19. The molecule has 7 atom stereocenters. The molecule has 5 aliphatic rings. The number of fused-ring (bicyclic) bond motifs is 4. The maximum absolute atomic E-state index is 13.8. The van der Waals surface area contributed by atoms with Gasteiger partial charge in [0.15, 0.2) is 5.78 Å². The molecular weight excluding hydrogens is 660 g/mol. The van der Waals surface area contributed by atoms with Gasteiger partial charge in [-0.1, -0.05) is 36.7 Å². The lowest BCUT2D eigenvalue weighted by atomic mass is 9.68. The zero-order valence-electron chi connectivity index (χ0n) is 28.7. The molecule has 1 N–H and O–H groups in total. The van der Waals surface area contributed by atoms with E-state index in [4.69, 9.17) is 25.8 Å². The highest BCUT2D eigenvalue weighted by Crippen LogP contribution is 2.47. The molecule has 2 fully saturated rings. The molecule has 8 nitrogen and oxygen atoms in total. The van der Waals surface area contributed by atoms with Crippen molar-refractivity contribution in [2.24, 2.45) is 23.7 Å². The lowest BCUT2D eigenvalue weighted by Gasteiger charge is -2.46. The van der Waals surface area contributed by atoms with E-state index in [9.17, 15) is 13.8 Å². The highest BCUT2D eigenvalue weighted by molar-refractivity contribution is 7.99. The third-order valence-electron chi connectivity index (χ3n) is 11.8. The van der Waals surface area contributed by atoms with Crippen LogP contribution in [0, 0.1) is 23.7 Å². The van der Waals surface area contributed by atoms with E-state index in [-0.39, 0.29) is 41.0 Å². The summed E-state index contributed by atoms with van der Waals surface area (Å²) in [6.07, 6.45) is 10.2. The first-order valence-corrected chi connectivity index (χ1v) is 20.0. The SMILES string of the molecule is C=S1(=O)NC(=O)c2ccc3c(c2)N(C[C@@H]2CC[C@H]2[C@@H](OCC(=O)CC2COC2)/C=C/C[C@H](C)[C@H]1C)C[C@@]1(CCCc2cc(Cl)ccc21)CO3. The lowest BCUT2D eigenvalue weighted by molar-refractivity contribution is -0.132. The Kier molecular flexibility index (Phi) is 9.92. The fourth-order valence-corrected chi connectivity index (χ4v) is 10.1. The highest BCUT2D eigenvalue weighted by Gasteiger charge is 2.44. The number of nitrogens with one attached hydrogen (secondary N) is 1. The fourth-order valence-electron chi connectivity index (χ4n) is 8.39. The molecule has 10 heteroatoms. The zero-order chi connectivity index (χ0) is 34.3. The number of halogens is 1. The number of ketones is 1. The predicted molar refractivity (Wildman–Crippen MR) is 195 cm³/mol. The van der Waals surface area contributed by atoms with Gasteiger partial charge in [0, 0.05) is 46.7 Å². The summed E-state index contributed by atoms with van der Waals surface area (Å²) in [5.74, 6) is 5.31. The second kappa shape index (κ2) is 14.0. The van der Waals surface area contributed by atoms with Gasteiger partial charge in [-0.25, -0.2) is 4.21 Å². The Balaban J connectivity index is 1.24. The van der Waals surface area contributed by atoms with Crippen molar-refractivity contribution in [3.63, 3.8) is 0 Å². The number of anilines is 1. The van der Waals surface area contributed by atoms with Gasteiger partial charge in [0.25, 0.3) is 5.91 Å². The van der Waals surface area contributed by atoms with Gasteiger partial charge in [-0.2, -0.15) is 0 Å². The molecule has 49 heavy (non-hydrogen) atoms. The largest absolute Gasteiger partial charge is 0.490 e. The number of nitrogens with zero attached hydrogens (tertiary/aromatic N) is 1. The normalized spacial score (nSPS) is 33.9. The Morgan fingerprint density at radius 2 is 2.02 bits per heavy atom. The molecule has 2 aliphatic carbocycles. The Bertz CT molecular complexity index is 1720. The quantitative estimate of drug-likeness (QED) is 0.293. The molecule has 264 valence electrons. The first-order chi connectivity index (χ1) is 23.5. The summed E-state index contributed by atoms with van der Waals surface area (Å²) in [5.41, 5.74) is 3.61. The van der Waals surface area contributed by atoms with Gasteiger partial charge in [0.1, 0.15) is 12.4 Å². The van der Waals surface area contributed by atoms with E-state index in [1.54, 1.807) is 6.07 Å². The summed E-state index contributed by atoms with van der Waals surface area (Å²) in [6.45, 7) is 7.32. The molecule has 2 bridgehead atoms. The number of allylic oxidation sites excluding steroid dienone is 1. The zero-order valence-corrected chi connectivity index (χ0v) is 30.2. The van der Waals surface area contributed by atoms with E-state index in [0.29, 0.717) is 50.1 Å². The molecule has 2 aromatic rings. The Morgan fingerprint density at radius 3 is 2.78 bits per heavy atom. The minimum atomic E-state index is -2.96. The van der Waals surface area contributed by atoms with E-state index in [2.05, 4.69) is 39.8 Å². The van der Waals surface area contributed by atoms with Crippen LogP contribution < -0.4 is 14.4 Å². The third-order valence-corrected chi connectivity index (χ3v) is 14.2. The molecule has 0 radical (unpaired) electrons.